The molecule has 0 fully saturated rings. The van der Waals surface area contributed by atoms with Crippen molar-refractivity contribution in [3.8, 4) is 5.75 Å². The zero-order valence-electron chi connectivity index (χ0n) is 16.2. The number of aliphatic hydroxyl groups is 1. The van der Waals surface area contributed by atoms with Crippen LogP contribution in [0.5, 0.6) is 5.75 Å². The number of halogens is 2. The van der Waals surface area contributed by atoms with Gasteiger partial charge in [-0.25, -0.2) is 9.18 Å². The van der Waals surface area contributed by atoms with Crippen molar-refractivity contribution in [2.75, 3.05) is 5.32 Å². The normalized spacial score (nSPS) is 12.7. The number of aliphatic hydroxyl groups excluding tert-OH is 1. The monoisotopic (exact) mass is 429 g/mol. The fourth-order valence-electron chi connectivity index (χ4n) is 2.81. The first-order valence-corrected chi connectivity index (χ1v) is 9.63. The number of hydrogen-bond acceptors (Lipinski definition) is 4. The summed E-state index contributed by atoms with van der Waals surface area (Å²) in [6.07, 6.45) is 2.09. The van der Waals surface area contributed by atoms with Crippen LogP contribution in [0.15, 0.2) is 67.0 Å². The molecule has 3 rings (SSSR count). The molecule has 3 N–H and O–H groups in total. The Morgan fingerprint density at radius 2 is 2.03 bits per heavy atom. The number of urea groups is 1. The number of carbonyl (C=O) groups excluding carboxylic acids is 1. The number of anilines is 1. The van der Waals surface area contributed by atoms with Crippen LogP contribution in [-0.2, 0) is 6.61 Å². The highest BCUT2D eigenvalue weighted by Crippen LogP contribution is 2.28. The van der Waals surface area contributed by atoms with Crippen molar-refractivity contribution in [2.24, 2.45) is 0 Å². The maximum absolute atomic E-state index is 14.0. The lowest BCUT2D eigenvalue weighted by molar-refractivity contribution is 0.135. The van der Waals surface area contributed by atoms with Gasteiger partial charge in [0.15, 0.2) is 0 Å². The van der Waals surface area contributed by atoms with Crippen molar-refractivity contribution in [1.29, 1.82) is 0 Å². The summed E-state index contributed by atoms with van der Waals surface area (Å²) in [4.78, 5) is 16.3. The summed E-state index contributed by atoms with van der Waals surface area (Å²) in [6, 6.07) is 13.4. The van der Waals surface area contributed by atoms with Crippen molar-refractivity contribution >= 4 is 23.3 Å². The number of nitrogens with one attached hydrogen (secondary N) is 2. The van der Waals surface area contributed by atoms with Crippen LogP contribution >= 0.6 is 11.6 Å². The lowest BCUT2D eigenvalue weighted by Crippen LogP contribution is -2.40. The minimum Gasteiger partial charge on any atom is -0.489 e. The Balaban J connectivity index is 1.58. The number of rotatable bonds is 7. The minimum absolute atomic E-state index is 0.0576. The maximum atomic E-state index is 14.0. The third kappa shape index (κ3) is 5.68. The van der Waals surface area contributed by atoms with E-state index in [4.69, 9.17) is 16.3 Å². The van der Waals surface area contributed by atoms with E-state index in [0.29, 0.717) is 18.0 Å². The first-order valence-electron chi connectivity index (χ1n) is 9.25. The quantitative estimate of drug-likeness (QED) is 0.508. The summed E-state index contributed by atoms with van der Waals surface area (Å²) in [5.74, 6) is -0.0644. The van der Waals surface area contributed by atoms with Crippen LogP contribution in [0.4, 0.5) is 14.9 Å². The number of ether oxygens (including phenoxy) is 1. The van der Waals surface area contributed by atoms with Gasteiger partial charge < -0.3 is 20.5 Å². The molecule has 30 heavy (non-hydrogen) atoms. The lowest BCUT2D eigenvalue weighted by Gasteiger charge is -2.22. The van der Waals surface area contributed by atoms with Crippen molar-refractivity contribution in [2.45, 2.75) is 25.7 Å². The second kappa shape index (κ2) is 10.0. The molecular formula is C22H21ClFN3O3. The molecule has 2 amide bonds. The van der Waals surface area contributed by atoms with Gasteiger partial charge in [0.25, 0.3) is 0 Å². The first-order chi connectivity index (χ1) is 14.4. The lowest BCUT2D eigenvalue weighted by atomic mass is 10.0. The highest BCUT2D eigenvalue weighted by Gasteiger charge is 2.23. The molecule has 0 spiro atoms. The minimum atomic E-state index is -1.31. The van der Waals surface area contributed by atoms with Crippen LogP contribution in [0.25, 0.3) is 0 Å². The topological polar surface area (TPSA) is 83.5 Å². The van der Waals surface area contributed by atoms with Gasteiger partial charge >= 0.3 is 6.03 Å². The van der Waals surface area contributed by atoms with Crippen molar-refractivity contribution in [3.63, 3.8) is 0 Å². The van der Waals surface area contributed by atoms with E-state index in [2.05, 4.69) is 15.6 Å². The summed E-state index contributed by atoms with van der Waals surface area (Å²) < 4.78 is 19.7. The van der Waals surface area contributed by atoms with Crippen LogP contribution in [0.2, 0.25) is 5.02 Å². The summed E-state index contributed by atoms with van der Waals surface area (Å²) in [7, 11) is 0. The maximum Gasteiger partial charge on any atom is 0.319 e. The Hall–Kier alpha value is -3.16. The third-order valence-electron chi connectivity index (χ3n) is 4.35. The van der Waals surface area contributed by atoms with Gasteiger partial charge in [0.05, 0.1) is 6.04 Å². The molecule has 2 atom stereocenters. The predicted octanol–water partition coefficient (Wildman–Crippen LogP) is 4.70. The van der Waals surface area contributed by atoms with E-state index >= 15 is 0 Å². The van der Waals surface area contributed by atoms with E-state index in [1.165, 1.54) is 18.2 Å². The molecule has 0 saturated carbocycles. The summed E-state index contributed by atoms with van der Waals surface area (Å²) in [6.45, 7) is 1.90. The summed E-state index contributed by atoms with van der Waals surface area (Å²) in [5.41, 5.74) is 1.36. The average Bonchev–Trinajstić information content (AvgIpc) is 2.73. The van der Waals surface area contributed by atoms with Gasteiger partial charge in [0.2, 0.25) is 0 Å². The molecule has 0 aliphatic carbocycles. The second-order valence-corrected chi connectivity index (χ2v) is 7.05. The van der Waals surface area contributed by atoms with Gasteiger partial charge in [-0.15, -0.1) is 0 Å². The number of hydrogen-bond donors (Lipinski definition) is 3. The molecule has 0 aliphatic heterocycles. The van der Waals surface area contributed by atoms with E-state index in [9.17, 15) is 14.3 Å². The van der Waals surface area contributed by atoms with Crippen LogP contribution < -0.4 is 15.4 Å². The van der Waals surface area contributed by atoms with Gasteiger partial charge in [-0.05, 0) is 37.3 Å². The van der Waals surface area contributed by atoms with Gasteiger partial charge in [-0.2, -0.15) is 0 Å². The van der Waals surface area contributed by atoms with Crippen molar-refractivity contribution < 1.29 is 19.0 Å². The van der Waals surface area contributed by atoms with Gasteiger partial charge in [-0.1, -0.05) is 29.8 Å². The number of amides is 2. The van der Waals surface area contributed by atoms with Gasteiger partial charge in [0.1, 0.15) is 24.3 Å². The molecule has 6 nitrogen and oxygen atoms in total. The fourth-order valence-corrected chi connectivity index (χ4v) is 3.08. The SMILES string of the molecule is CC(NC(=O)Nc1cccc(OCc2cccnc2)c1)C(O)c1c(F)cccc1Cl. The highest BCUT2D eigenvalue weighted by atomic mass is 35.5. The number of carbonyl (C=O) groups is 1. The molecule has 8 heteroatoms. The zero-order valence-corrected chi connectivity index (χ0v) is 16.9. The zero-order chi connectivity index (χ0) is 21.5. The predicted molar refractivity (Wildman–Crippen MR) is 113 cm³/mol. The van der Waals surface area contributed by atoms with Crippen LogP contribution in [0, 0.1) is 5.82 Å². The first kappa shape index (κ1) is 21.5. The molecule has 1 aromatic heterocycles. The Kier molecular flexibility index (Phi) is 7.21. The van der Waals surface area contributed by atoms with Crippen molar-refractivity contribution in [3.05, 3.63) is 89.0 Å². The number of pyridine rings is 1. The van der Waals surface area contributed by atoms with Crippen LogP contribution in [0.3, 0.4) is 0 Å². The number of aromatic nitrogens is 1. The Labute approximate surface area is 178 Å². The molecule has 1 heterocycles. The Morgan fingerprint density at radius 1 is 1.23 bits per heavy atom. The summed E-state index contributed by atoms with van der Waals surface area (Å²) in [5, 5.41) is 15.7. The molecule has 0 bridgehead atoms. The number of nitrogens with zero attached hydrogens (tertiary/aromatic N) is 1. The van der Waals surface area contributed by atoms with Crippen LogP contribution in [0.1, 0.15) is 24.2 Å². The van der Waals surface area contributed by atoms with E-state index in [1.54, 1.807) is 43.6 Å². The molecule has 3 aromatic rings. The van der Waals surface area contributed by atoms with E-state index in [1.807, 2.05) is 12.1 Å². The second-order valence-electron chi connectivity index (χ2n) is 6.65. The average molecular weight is 430 g/mol. The molecule has 0 radical (unpaired) electrons. The number of benzene rings is 2. The molecule has 0 saturated heterocycles. The molecule has 156 valence electrons. The molecule has 2 aromatic carbocycles. The summed E-state index contributed by atoms with van der Waals surface area (Å²) >= 11 is 5.98. The van der Waals surface area contributed by atoms with Crippen LogP contribution in [-0.4, -0.2) is 22.2 Å². The standard InChI is InChI=1S/C22H21ClFN3O3/c1-14(21(28)20-18(23)8-3-9-19(20)24)26-22(29)27-16-6-2-7-17(11-16)30-13-15-5-4-10-25-12-15/h2-12,14,21,28H,13H2,1H3,(H2,26,27,29). The van der Waals surface area contributed by atoms with Gasteiger partial charge in [0, 0.05) is 40.3 Å². The van der Waals surface area contributed by atoms with E-state index < -0.39 is 24.0 Å². The fraction of sp³-hybridized carbons (Fsp3) is 0.182. The third-order valence-corrected chi connectivity index (χ3v) is 4.68. The Bertz CT molecular complexity index is 984. The molecule has 2 unspecified atom stereocenters. The van der Waals surface area contributed by atoms with Crippen molar-refractivity contribution in [1.82, 2.24) is 10.3 Å². The molecule has 0 aliphatic rings. The van der Waals surface area contributed by atoms with Gasteiger partial charge in [-0.3, -0.25) is 4.98 Å². The highest BCUT2D eigenvalue weighted by molar-refractivity contribution is 6.31. The molecular weight excluding hydrogens is 409 g/mol. The Morgan fingerprint density at radius 3 is 2.77 bits per heavy atom. The largest absolute Gasteiger partial charge is 0.489 e. The smallest absolute Gasteiger partial charge is 0.319 e. The van der Waals surface area contributed by atoms with E-state index in [0.717, 1.165) is 5.56 Å². The van der Waals surface area contributed by atoms with E-state index in [-0.39, 0.29) is 10.6 Å².